The van der Waals surface area contributed by atoms with Crippen molar-refractivity contribution in [1.82, 2.24) is 0 Å². The Labute approximate surface area is 457 Å². The number of ether oxygens (including phenoxy) is 4. The van der Waals surface area contributed by atoms with E-state index in [0.29, 0.717) is 24.3 Å². The first-order valence-electron chi connectivity index (χ1n) is 24.0. The molecule has 0 aliphatic heterocycles. The Kier molecular flexibility index (Phi) is 19.1. The van der Waals surface area contributed by atoms with Crippen molar-refractivity contribution in [1.29, 1.82) is 0 Å². The maximum absolute atomic E-state index is 12.1. The number of benzene rings is 8. The van der Waals surface area contributed by atoms with Gasteiger partial charge < -0.3 is 18.9 Å². The van der Waals surface area contributed by atoms with Crippen LogP contribution in [0.5, 0.6) is 11.5 Å². The molecule has 0 radical (unpaired) electrons. The van der Waals surface area contributed by atoms with E-state index in [-0.39, 0.29) is 47.4 Å². The quantitative estimate of drug-likeness (QED) is 0.0377. The Hall–Kier alpha value is -7.24. The van der Waals surface area contributed by atoms with Crippen LogP contribution in [0.3, 0.4) is 0 Å². The molecule has 10 aromatic rings. The van der Waals surface area contributed by atoms with Crippen molar-refractivity contribution in [3.8, 4) is 33.8 Å². The predicted molar refractivity (Wildman–Crippen MR) is 303 cm³/mol. The Bertz CT molecular complexity index is 3320. The molecule has 0 saturated carbocycles. The van der Waals surface area contributed by atoms with Gasteiger partial charge in [-0.25, -0.2) is 9.59 Å². The van der Waals surface area contributed by atoms with Gasteiger partial charge in [0.15, 0.2) is 32.0 Å². The summed E-state index contributed by atoms with van der Waals surface area (Å²) in [5.41, 5.74) is 3.85. The fourth-order valence-electron chi connectivity index (χ4n) is 7.89. The molecule has 0 bridgehead atoms. The van der Waals surface area contributed by atoms with Gasteiger partial charge in [0.2, 0.25) is 0 Å². The molecule has 8 aromatic carbocycles. The smallest absolute Gasteiger partial charge is 0.344 e. The van der Waals surface area contributed by atoms with E-state index >= 15 is 0 Å². The summed E-state index contributed by atoms with van der Waals surface area (Å²) in [6.07, 6.45) is 5.75. The largest absolute Gasteiger partial charge is 0.481 e. The summed E-state index contributed by atoms with van der Waals surface area (Å²) in [4.78, 5) is 24.2. The van der Waals surface area contributed by atoms with Crippen LogP contribution in [0, 0.1) is 0 Å². The first kappa shape index (κ1) is 62.0. The van der Waals surface area contributed by atoms with Gasteiger partial charge in [-0.2, -0.15) is 0 Å². The third-order valence-corrected chi connectivity index (χ3v) is 15.2. The summed E-state index contributed by atoms with van der Waals surface area (Å²) in [6, 6.07) is 69.7. The average Bonchev–Trinajstić information content (AvgIpc) is 4.03. The SMILES string of the molecule is C[s+]1c2ccccc2c2ccccc21.C[s+]1c2ccccc2c2ccccc21.F[P-](F)(F)(F)(F)F.F[P-](F)(F)(F)(F)F.O=C(COc1ccccc1-c1ccccc1)OCCCCOC(=O)COc1ccccc1-c1ccccc1. The van der Waals surface area contributed by atoms with Crippen LogP contribution < -0.4 is 9.47 Å². The van der Waals surface area contributed by atoms with E-state index < -0.39 is 27.6 Å². The van der Waals surface area contributed by atoms with Crippen LogP contribution in [0.15, 0.2) is 206 Å². The Morgan fingerprint density at radius 1 is 0.350 bits per heavy atom. The van der Waals surface area contributed by atoms with Crippen LogP contribution in [-0.4, -0.2) is 38.4 Å². The molecule has 2 aromatic heterocycles. The third kappa shape index (κ3) is 21.8. The van der Waals surface area contributed by atoms with Crippen molar-refractivity contribution in [2.45, 2.75) is 12.8 Å². The molecule has 2 heterocycles. The number of para-hydroxylation sites is 2. The number of carbonyl (C=O) groups is 2. The molecule has 0 amide bonds. The van der Waals surface area contributed by atoms with E-state index in [1.807, 2.05) is 109 Å². The fraction of sp³-hybridized carbons (Fsp3) is 0.138. The molecular weight excluding hydrogens is 1150 g/mol. The zero-order valence-electron chi connectivity index (χ0n) is 42.6. The van der Waals surface area contributed by atoms with Crippen molar-refractivity contribution in [3.05, 3.63) is 206 Å². The number of rotatable bonds is 13. The van der Waals surface area contributed by atoms with E-state index in [9.17, 15) is 60.0 Å². The average molecular weight is 1200 g/mol. The molecular formula is C58H52F12O6P2S2. The molecule has 0 aliphatic rings. The van der Waals surface area contributed by atoms with Crippen molar-refractivity contribution in [3.63, 3.8) is 0 Å². The maximum atomic E-state index is 12.1. The van der Waals surface area contributed by atoms with Gasteiger partial charge in [-0.3, -0.25) is 0 Å². The summed E-state index contributed by atoms with van der Waals surface area (Å²) < 4.78 is 146. The van der Waals surface area contributed by atoms with Crippen molar-refractivity contribution in [2.75, 3.05) is 26.4 Å². The molecule has 0 N–H and O–H groups in total. The van der Waals surface area contributed by atoms with Crippen LogP contribution in [0.4, 0.5) is 50.4 Å². The van der Waals surface area contributed by atoms with Crippen LogP contribution in [0.1, 0.15) is 12.8 Å². The second kappa shape index (κ2) is 24.6. The Balaban J connectivity index is 0.000000197. The van der Waals surface area contributed by atoms with Gasteiger partial charge in [0.1, 0.15) is 24.0 Å². The fourth-order valence-corrected chi connectivity index (χ4v) is 11.5. The molecule has 0 atom stereocenters. The summed E-state index contributed by atoms with van der Waals surface area (Å²) in [7, 11) is -20.8. The number of aryl methyl sites for hydroxylation is 2. The number of esters is 2. The number of unbranched alkanes of at least 4 members (excludes halogenated alkanes) is 1. The van der Waals surface area contributed by atoms with Crippen LogP contribution in [0.25, 0.3) is 62.6 Å². The van der Waals surface area contributed by atoms with E-state index in [1.165, 1.54) is 40.3 Å². The molecule has 80 heavy (non-hydrogen) atoms. The van der Waals surface area contributed by atoms with Gasteiger partial charge in [-0.15, -0.1) is 0 Å². The van der Waals surface area contributed by atoms with E-state index in [0.717, 1.165) is 22.3 Å². The number of hydrogen-bond acceptors (Lipinski definition) is 6. The molecule has 6 nitrogen and oxygen atoms in total. The first-order valence-corrected chi connectivity index (χ1v) is 31.4. The molecule has 0 saturated heterocycles. The molecule has 0 fully saturated rings. The first-order chi connectivity index (χ1) is 37.4. The predicted octanol–water partition coefficient (Wildman–Crippen LogP) is 21.7. The van der Waals surface area contributed by atoms with Gasteiger partial charge in [0.25, 0.3) is 0 Å². The monoisotopic (exact) mass is 1200 g/mol. The third-order valence-electron chi connectivity index (χ3n) is 11.1. The van der Waals surface area contributed by atoms with Gasteiger partial charge in [-0.1, -0.05) is 146 Å². The topological polar surface area (TPSA) is 71.1 Å². The number of thiophene rings is 2. The minimum atomic E-state index is -10.7. The minimum absolute atomic E-state index is 0.180. The second-order valence-electron chi connectivity index (χ2n) is 17.4. The van der Waals surface area contributed by atoms with Gasteiger partial charge in [0, 0.05) is 32.7 Å². The normalized spacial score (nSPS) is 12.9. The number of carbonyl (C=O) groups excluding carboxylic acids is 2. The Morgan fingerprint density at radius 2 is 0.588 bits per heavy atom. The minimum Gasteiger partial charge on any atom is -0.481 e. The van der Waals surface area contributed by atoms with Gasteiger partial charge in [-0.05, 0) is 106 Å². The zero-order chi connectivity index (χ0) is 58.3. The number of fused-ring (bicyclic) bond motifs is 6. The molecule has 22 heteroatoms. The summed E-state index contributed by atoms with van der Waals surface area (Å²) in [5.74, 6) is 0.345. The van der Waals surface area contributed by atoms with Crippen LogP contribution in [-0.2, 0) is 31.6 Å². The zero-order valence-corrected chi connectivity index (χ0v) is 46.0. The maximum Gasteiger partial charge on any atom is 0.344 e. The summed E-state index contributed by atoms with van der Waals surface area (Å²) in [5, 5.41) is 5.70. The van der Waals surface area contributed by atoms with E-state index in [1.54, 1.807) is 0 Å². The molecule has 426 valence electrons. The molecule has 0 spiro atoms. The number of hydrogen-bond donors (Lipinski definition) is 0. The van der Waals surface area contributed by atoms with Crippen molar-refractivity contribution < 1.29 is 78.9 Å². The van der Waals surface area contributed by atoms with E-state index in [2.05, 4.69) is 110 Å². The Morgan fingerprint density at radius 3 is 0.875 bits per heavy atom. The van der Waals surface area contributed by atoms with Crippen LogP contribution in [0.2, 0.25) is 0 Å². The standard InChI is InChI=1S/C32H30O6.2C13H11S.2F6P/c33-31(23-37-29-19-9-7-17-27(29)25-13-3-1-4-14-25)35-21-11-12-22-36-32(34)24-38-30-20-10-8-18-28(30)26-15-5-2-6-16-26;2*1-14-12-8-4-2-6-10(12)11-7-3-5-9-13(11)14;2*1-7(2,3,4,5)6/h1-10,13-20H,11-12,21-24H2;2*2-9H,1H3;;/q;2*+1;2*-1. The number of halogens is 12. The van der Waals surface area contributed by atoms with Gasteiger partial charge in [0.05, 0.1) is 13.2 Å². The summed E-state index contributed by atoms with van der Waals surface area (Å²) >= 11 is 0. The second-order valence-corrected chi connectivity index (χ2v) is 25.0. The van der Waals surface area contributed by atoms with Crippen molar-refractivity contribution in [2.24, 2.45) is 12.5 Å². The molecule has 0 unspecified atom stereocenters. The van der Waals surface area contributed by atoms with Crippen LogP contribution >= 0.6 is 36.6 Å². The van der Waals surface area contributed by atoms with Crippen molar-refractivity contribution >= 4 is 88.8 Å². The molecule has 10 rings (SSSR count). The van der Waals surface area contributed by atoms with E-state index in [4.69, 9.17) is 18.9 Å². The summed E-state index contributed by atoms with van der Waals surface area (Å²) in [6.45, 7) is 0.0866. The van der Waals surface area contributed by atoms with Gasteiger partial charge >= 0.3 is 77.9 Å². The molecule has 0 aliphatic carbocycles.